The number of aromatic nitrogens is 1. The van der Waals surface area contributed by atoms with Crippen LogP contribution in [0.15, 0.2) is 53.5 Å². The van der Waals surface area contributed by atoms with Crippen LogP contribution in [0, 0.1) is 27.5 Å². The van der Waals surface area contributed by atoms with Crippen molar-refractivity contribution < 1.29 is 4.92 Å². The molecule has 0 amide bonds. The van der Waals surface area contributed by atoms with Crippen LogP contribution in [0.25, 0.3) is 5.69 Å². The zero-order valence-corrected chi connectivity index (χ0v) is 17.0. The SMILES string of the molecule is Cc1cc(C=Nc2ccc(Cl)c([N+](=O)[O-])c2)c(C)n1-c1ccc(I)cc1. The lowest BCUT2D eigenvalue weighted by molar-refractivity contribution is -0.384. The van der Waals surface area contributed by atoms with Gasteiger partial charge in [0.15, 0.2) is 0 Å². The van der Waals surface area contributed by atoms with Crippen molar-refractivity contribution in [2.45, 2.75) is 13.8 Å². The molecule has 0 N–H and O–H groups in total. The molecule has 0 saturated heterocycles. The number of nitrogens with zero attached hydrogens (tertiary/aromatic N) is 3. The average molecular weight is 480 g/mol. The highest BCUT2D eigenvalue weighted by Crippen LogP contribution is 2.29. The number of hydrogen-bond donors (Lipinski definition) is 0. The van der Waals surface area contributed by atoms with Gasteiger partial charge in [-0.3, -0.25) is 15.1 Å². The quantitative estimate of drug-likeness (QED) is 0.199. The van der Waals surface area contributed by atoms with Gasteiger partial charge < -0.3 is 4.57 Å². The first-order chi connectivity index (χ1) is 12.4. The summed E-state index contributed by atoms with van der Waals surface area (Å²) in [6.45, 7) is 4.06. The highest BCUT2D eigenvalue weighted by atomic mass is 127. The van der Waals surface area contributed by atoms with E-state index in [0.29, 0.717) is 5.69 Å². The van der Waals surface area contributed by atoms with Crippen molar-refractivity contribution in [2.75, 3.05) is 0 Å². The van der Waals surface area contributed by atoms with Gasteiger partial charge in [-0.05, 0) is 78.9 Å². The van der Waals surface area contributed by atoms with Crippen LogP contribution < -0.4 is 0 Å². The molecule has 0 bridgehead atoms. The Kier molecular flexibility index (Phi) is 5.43. The third kappa shape index (κ3) is 3.81. The van der Waals surface area contributed by atoms with Gasteiger partial charge in [-0.25, -0.2) is 0 Å². The standard InChI is InChI=1S/C19H15ClIN3O2/c1-12-9-14(13(2)23(12)17-6-3-15(21)4-7-17)11-22-16-5-8-18(20)19(10-16)24(25)26/h3-11H,1-2H3. The fourth-order valence-electron chi connectivity index (χ4n) is 2.77. The maximum Gasteiger partial charge on any atom is 0.290 e. The van der Waals surface area contributed by atoms with Crippen LogP contribution in [0.5, 0.6) is 0 Å². The van der Waals surface area contributed by atoms with Gasteiger partial charge in [0.2, 0.25) is 0 Å². The fourth-order valence-corrected chi connectivity index (χ4v) is 3.32. The van der Waals surface area contributed by atoms with Crippen LogP contribution in [0.1, 0.15) is 17.0 Å². The molecule has 1 heterocycles. The zero-order valence-electron chi connectivity index (χ0n) is 14.1. The Labute approximate surface area is 169 Å². The van der Waals surface area contributed by atoms with Gasteiger partial charge in [-0.2, -0.15) is 0 Å². The largest absolute Gasteiger partial charge is 0.318 e. The Morgan fingerprint density at radius 2 is 1.85 bits per heavy atom. The van der Waals surface area contributed by atoms with E-state index in [1.165, 1.54) is 15.7 Å². The summed E-state index contributed by atoms with van der Waals surface area (Å²) >= 11 is 8.12. The summed E-state index contributed by atoms with van der Waals surface area (Å²) in [5.74, 6) is 0. The van der Waals surface area contributed by atoms with E-state index in [1.807, 2.05) is 19.9 Å². The van der Waals surface area contributed by atoms with Crippen molar-refractivity contribution in [3.05, 3.63) is 84.2 Å². The molecule has 5 nitrogen and oxygen atoms in total. The Balaban J connectivity index is 1.95. The number of aliphatic imine (C=N–C) groups is 1. The normalized spacial score (nSPS) is 11.2. The minimum atomic E-state index is -0.510. The van der Waals surface area contributed by atoms with E-state index in [1.54, 1.807) is 12.3 Å². The second-order valence-electron chi connectivity index (χ2n) is 5.79. The van der Waals surface area contributed by atoms with Gasteiger partial charge >= 0.3 is 0 Å². The van der Waals surface area contributed by atoms with E-state index >= 15 is 0 Å². The van der Waals surface area contributed by atoms with E-state index < -0.39 is 4.92 Å². The molecule has 0 aliphatic carbocycles. The summed E-state index contributed by atoms with van der Waals surface area (Å²) in [5, 5.41) is 11.1. The molecule has 0 atom stereocenters. The Bertz CT molecular complexity index is 1010. The summed E-state index contributed by atoms with van der Waals surface area (Å²) in [6.07, 6.45) is 1.72. The van der Waals surface area contributed by atoms with Gasteiger partial charge in [-0.15, -0.1) is 0 Å². The second kappa shape index (κ2) is 7.59. The smallest absolute Gasteiger partial charge is 0.290 e. The predicted octanol–water partition coefficient (Wildman–Crippen LogP) is 6.01. The topological polar surface area (TPSA) is 60.4 Å². The van der Waals surface area contributed by atoms with Crippen molar-refractivity contribution in [3.8, 4) is 5.69 Å². The molecule has 0 radical (unpaired) electrons. The van der Waals surface area contributed by atoms with Crippen molar-refractivity contribution in [2.24, 2.45) is 4.99 Å². The first-order valence-electron chi connectivity index (χ1n) is 7.79. The number of nitro benzene ring substituents is 1. The van der Waals surface area contributed by atoms with E-state index in [9.17, 15) is 10.1 Å². The van der Waals surface area contributed by atoms with Crippen LogP contribution in [-0.4, -0.2) is 15.7 Å². The number of benzene rings is 2. The van der Waals surface area contributed by atoms with Gasteiger partial charge in [0, 0.05) is 38.5 Å². The van der Waals surface area contributed by atoms with Crippen molar-refractivity contribution in [1.82, 2.24) is 4.57 Å². The minimum Gasteiger partial charge on any atom is -0.318 e. The molecule has 0 saturated carbocycles. The number of aryl methyl sites for hydroxylation is 1. The van der Waals surface area contributed by atoms with Gasteiger partial charge in [0.05, 0.1) is 10.6 Å². The molecule has 0 aliphatic rings. The van der Waals surface area contributed by atoms with E-state index in [2.05, 4.69) is 56.4 Å². The van der Waals surface area contributed by atoms with Crippen LogP contribution in [0.3, 0.4) is 0 Å². The van der Waals surface area contributed by atoms with E-state index in [0.717, 1.165) is 22.6 Å². The van der Waals surface area contributed by atoms with Crippen molar-refractivity contribution in [1.29, 1.82) is 0 Å². The van der Waals surface area contributed by atoms with Crippen LogP contribution in [-0.2, 0) is 0 Å². The zero-order chi connectivity index (χ0) is 18.8. The van der Waals surface area contributed by atoms with Gasteiger partial charge in [-0.1, -0.05) is 11.6 Å². The molecule has 0 unspecified atom stereocenters. The molecule has 7 heteroatoms. The number of hydrogen-bond acceptors (Lipinski definition) is 3. The first-order valence-corrected chi connectivity index (χ1v) is 9.25. The monoisotopic (exact) mass is 479 g/mol. The second-order valence-corrected chi connectivity index (χ2v) is 7.44. The summed E-state index contributed by atoms with van der Waals surface area (Å²) < 4.78 is 3.34. The maximum atomic E-state index is 11.0. The summed E-state index contributed by atoms with van der Waals surface area (Å²) in [7, 11) is 0. The lowest BCUT2D eigenvalue weighted by Crippen LogP contribution is -1.99. The predicted molar refractivity (Wildman–Crippen MR) is 113 cm³/mol. The molecule has 0 spiro atoms. The summed E-state index contributed by atoms with van der Waals surface area (Å²) in [4.78, 5) is 14.9. The van der Waals surface area contributed by atoms with Crippen LogP contribution in [0.2, 0.25) is 5.02 Å². The lowest BCUT2D eigenvalue weighted by atomic mass is 10.2. The summed E-state index contributed by atoms with van der Waals surface area (Å²) in [5.41, 5.74) is 4.52. The highest BCUT2D eigenvalue weighted by Gasteiger charge is 2.13. The van der Waals surface area contributed by atoms with E-state index in [-0.39, 0.29) is 10.7 Å². The molecule has 2 aromatic carbocycles. The Hall–Kier alpha value is -2.19. The third-order valence-electron chi connectivity index (χ3n) is 4.03. The molecule has 132 valence electrons. The summed E-state index contributed by atoms with van der Waals surface area (Å²) in [6, 6.07) is 14.8. The molecule has 3 aromatic rings. The third-order valence-corrected chi connectivity index (χ3v) is 5.07. The number of nitro groups is 1. The first kappa shape index (κ1) is 18.6. The van der Waals surface area contributed by atoms with E-state index in [4.69, 9.17) is 11.6 Å². The molecule has 1 aromatic heterocycles. The molecule has 0 fully saturated rings. The van der Waals surface area contributed by atoms with Crippen LogP contribution >= 0.6 is 34.2 Å². The van der Waals surface area contributed by atoms with Gasteiger partial charge in [0.1, 0.15) is 5.02 Å². The number of halogens is 2. The molecule has 26 heavy (non-hydrogen) atoms. The van der Waals surface area contributed by atoms with Crippen LogP contribution in [0.4, 0.5) is 11.4 Å². The average Bonchev–Trinajstić information content (AvgIpc) is 2.89. The van der Waals surface area contributed by atoms with Gasteiger partial charge in [0.25, 0.3) is 5.69 Å². The lowest BCUT2D eigenvalue weighted by Gasteiger charge is -2.09. The molecular weight excluding hydrogens is 465 g/mol. The Morgan fingerprint density at radius 3 is 2.50 bits per heavy atom. The fraction of sp³-hybridized carbons (Fsp3) is 0.105. The maximum absolute atomic E-state index is 11.0. The minimum absolute atomic E-state index is 0.103. The molecular formula is C19H15ClIN3O2. The number of rotatable bonds is 4. The Morgan fingerprint density at radius 1 is 1.15 bits per heavy atom. The molecule has 3 rings (SSSR count). The molecule has 0 aliphatic heterocycles. The highest BCUT2D eigenvalue weighted by molar-refractivity contribution is 14.1. The van der Waals surface area contributed by atoms with Crippen molar-refractivity contribution in [3.63, 3.8) is 0 Å². The van der Waals surface area contributed by atoms with Crippen molar-refractivity contribution >= 4 is 51.8 Å².